The molecule has 0 aromatic heterocycles. The molecule has 3 rings (SSSR count). The highest BCUT2D eigenvalue weighted by atomic mass is 19.4. The van der Waals surface area contributed by atoms with Gasteiger partial charge in [-0.3, -0.25) is 0 Å². The zero-order valence-corrected chi connectivity index (χ0v) is 15.3. The predicted molar refractivity (Wildman–Crippen MR) is 98.3 cm³/mol. The molecule has 0 amide bonds. The van der Waals surface area contributed by atoms with Crippen molar-refractivity contribution >= 4 is 5.69 Å². The first-order chi connectivity index (χ1) is 12.8. The number of anilines is 1. The molecule has 146 valence electrons. The van der Waals surface area contributed by atoms with E-state index in [1.165, 1.54) is 12.1 Å². The second kappa shape index (κ2) is 8.08. The van der Waals surface area contributed by atoms with Gasteiger partial charge in [0.1, 0.15) is 11.5 Å². The molecule has 7 heteroatoms. The summed E-state index contributed by atoms with van der Waals surface area (Å²) in [6.07, 6.45) is -3.77. The fraction of sp³-hybridized carbons (Fsp3) is 0.400. The summed E-state index contributed by atoms with van der Waals surface area (Å²) < 4.78 is 46.5. The van der Waals surface area contributed by atoms with E-state index < -0.39 is 6.36 Å². The lowest BCUT2D eigenvalue weighted by atomic mass is 10.1. The largest absolute Gasteiger partial charge is 0.573 e. The van der Waals surface area contributed by atoms with Crippen LogP contribution in [-0.4, -0.2) is 32.6 Å². The maximum atomic E-state index is 12.4. The molecule has 1 heterocycles. The van der Waals surface area contributed by atoms with Gasteiger partial charge in [0.05, 0.1) is 7.11 Å². The van der Waals surface area contributed by atoms with Gasteiger partial charge in [0.25, 0.3) is 0 Å². The molecule has 2 aromatic carbocycles. The van der Waals surface area contributed by atoms with Crippen LogP contribution >= 0.6 is 0 Å². The predicted octanol–water partition coefficient (Wildman–Crippen LogP) is 4.52. The zero-order valence-electron chi connectivity index (χ0n) is 15.3. The topological polar surface area (TPSA) is 33.7 Å². The van der Waals surface area contributed by atoms with Gasteiger partial charge in [0, 0.05) is 36.9 Å². The molecule has 2 atom stereocenters. The average Bonchev–Trinajstić information content (AvgIpc) is 3.09. The summed E-state index contributed by atoms with van der Waals surface area (Å²) in [7, 11) is 1.64. The molecule has 1 N–H and O–H groups in total. The number of nitrogens with one attached hydrogen (secondary N) is 1. The molecule has 27 heavy (non-hydrogen) atoms. The van der Waals surface area contributed by atoms with Crippen molar-refractivity contribution in [2.75, 3.05) is 25.1 Å². The summed E-state index contributed by atoms with van der Waals surface area (Å²) in [6, 6.07) is 14.4. The van der Waals surface area contributed by atoms with E-state index in [-0.39, 0.29) is 17.8 Å². The number of benzene rings is 2. The van der Waals surface area contributed by atoms with E-state index in [1.54, 1.807) is 19.2 Å². The Labute approximate surface area is 156 Å². The molecule has 0 radical (unpaired) electrons. The Bertz CT molecular complexity index is 767. The van der Waals surface area contributed by atoms with Crippen LogP contribution < -0.4 is 19.7 Å². The van der Waals surface area contributed by atoms with Gasteiger partial charge in [-0.1, -0.05) is 18.2 Å². The maximum Gasteiger partial charge on any atom is 0.573 e. The van der Waals surface area contributed by atoms with Crippen LogP contribution in [-0.2, 0) is 0 Å². The lowest BCUT2D eigenvalue weighted by molar-refractivity contribution is -0.274. The Hall–Kier alpha value is -2.41. The van der Waals surface area contributed by atoms with Gasteiger partial charge in [-0.15, -0.1) is 13.2 Å². The molecular weight excluding hydrogens is 357 g/mol. The van der Waals surface area contributed by atoms with Crippen LogP contribution in [0, 0.1) is 0 Å². The van der Waals surface area contributed by atoms with E-state index in [1.807, 2.05) is 24.3 Å². The van der Waals surface area contributed by atoms with Crippen LogP contribution in [0.25, 0.3) is 0 Å². The minimum absolute atomic E-state index is 0.143. The summed E-state index contributed by atoms with van der Waals surface area (Å²) in [5.41, 5.74) is 1.86. The maximum absolute atomic E-state index is 12.4. The number of hydrogen-bond donors (Lipinski definition) is 1. The molecule has 4 nitrogen and oxygen atoms in total. The number of hydrogen-bond acceptors (Lipinski definition) is 4. The quantitative estimate of drug-likeness (QED) is 0.799. The van der Waals surface area contributed by atoms with Crippen LogP contribution in [0.3, 0.4) is 0 Å². The minimum atomic E-state index is -4.68. The van der Waals surface area contributed by atoms with Gasteiger partial charge in [0.15, 0.2) is 0 Å². The van der Waals surface area contributed by atoms with E-state index in [0.29, 0.717) is 0 Å². The molecule has 0 bridgehead atoms. The summed E-state index contributed by atoms with van der Waals surface area (Å²) in [6.45, 7) is 3.59. The Balaban J connectivity index is 1.60. The van der Waals surface area contributed by atoms with Gasteiger partial charge in [-0.2, -0.15) is 0 Å². The Morgan fingerprint density at radius 2 is 1.85 bits per heavy atom. The normalized spacial score (nSPS) is 18.4. The summed E-state index contributed by atoms with van der Waals surface area (Å²) in [5.74, 6) is 0.622. The monoisotopic (exact) mass is 380 g/mol. The third-order valence-electron chi connectivity index (χ3n) is 4.68. The second-order valence-corrected chi connectivity index (χ2v) is 6.64. The third kappa shape index (κ3) is 5.29. The van der Waals surface area contributed by atoms with Crippen molar-refractivity contribution in [3.8, 4) is 11.5 Å². The molecule has 1 aliphatic heterocycles. The minimum Gasteiger partial charge on any atom is -0.497 e. The van der Waals surface area contributed by atoms with Crippen LogP contribution in [0.5, 0.6) is 11.5 Å². The first-order valence-electron chi connectivity index (χ1n) is 8.85. The van der Waals surface area contributed by atoms with Gasteiger partial charge < -0.3 is 19.7 Å². The number of ether oxygens (including phenoxy) is 2. The van der Waals surface area contributed by atoms with Crippen molar-refractivity contribution in [1.82, 2.24) is 5.32 Å². The lowest BCUT2D eigenvalue weighted by Gasteiger charge is -2.22. The molecular formula is C20H23F3N2O2. The molecule has 0 unspecified atom stereocenters. The second-order valence-electron chi connectivity index (χ2n) is 6.64. The fourth-order valence-corrected chi connectivity index (χ4v) is 3.37. The Morgan fingerprint density at radius 1 is 1.11 bits per heavy atom. The van der Waals surface area contributed by atoms with Crippen molar-refractivity contribution < 1.29 is 22.6 Å². The Kier molecular flexibility index (Phi) is 5.79. The summed E-state index contributed by atoms with van der Waals surface area (Å²) in [4.78, 5) is 2.07. The molecule has 2 aromatic rings. The molecule has 0 spiro atoms. The summed E-state index contributed by atoms with van der Waals surface area (Å²) >= 11 is 0. The molecule has 1 saturated heterocycles. The molecule has 1 fully saturated rings. The van der Waals surface area contributed by atoms with E-state index in [9.17, 15) is 13.2 Å². The van der Waals surface area contributed by atoms with Crippen molar-refractivity contribution in [3.63, 3.8) is 0 Å². The van der Waals surface area contributed by atoms with E-state index in [2.05, 4.69) is 21.9 Å². The first kappa shape index (κ1) is 19.4. The van der Waals surface area contributed by atoms with Gasteiger partial charge in [-0.25, -0.2) is 0 Å². The SMILES string of the molecule is COc1cccc([C@@H](C)N[C@@H]2CCN(c3cccc(OC(F)(F)F)c3)C2)c1. The smallest absolute Gasteiger partial charge is 0.497 e. The fourth-order valence-electron chi connectivity index (χ4n) is 3.37. The van der Waals surface area contributed by atoms with Crippen LogP contribution in [0.2, 0.25) is 0 Å². The van der Waals surface area contributed by atoms with Crippen LogP contribution in [0.1, 0.15) is 24.9 Å². The van der Waals surface area contributed by atoms with E-state index >= 15 is 0 Å². The lowest BCUT2D eigenvalue weighted by Crippen LogP contribution is -2.34. The van der Waals surface area contributed by atoms with Crippen LogP contribution in [0.4, 0.5) is 18.9 Å². The highest BCUT2D eigenvalue weighted by Crippen LogP contribution is 2.29. The number of rotatable bonds is 6. The van der Waals surface area contributed by atoms with Crippen LogP contribution in [0.15, 0.2) is 48.5 Å². The highest BCUT2D eigenvalue weighted by molar-refractivity contribution is 5.51. The third-order valence-corrected chi connectivity index (χ3v) is 4.68. The number of nitrogens with zero attached hydrogens (tertiary/aromatic N) is 1. The Morgan fingerprint density at radius 3 is 2.59 bits per heavy atom. The van der Waals surface area contributed by atoms with Crippen molar-refractivity contribution in [2.45, 2.75) is 31.8 Å². The van der Waals surface area contributed by atoms with Crippen molar-refractivity contribution in [2.24, 2.45) is 0 Å². The van der Waals surface area contributed by atoms with E-state index in [4.69, 9.17) is 4.74 Å². The zero-order chi connectivity index (χ0) is 19.4. The molecule has 0 aliphatic carbocycles. The average molecular weight is 380 g/mol. The van der Waals surface area contributed by atoms with Gasteiger partial charge >= 0.3 is 6.36 Å². The number of halogens is 3. The van der Waals surface area contributed by atoms with Gasteiger partial charge in [-0.05, 0) is 43.2 Å². The molecule has 1 aliphatic rings. The summed E-state index contributed by atoms with van der Waals surface area (Å²) in [5, 5.41) is 3.59. The van der Waals surface area contributed by atoms with E-state index in [0.717, 1.165) is 36.5 Å². The number of methoxy groups -OCH3 is 1. The standard InChI is InChI=1S/C20H23F3N2O2/c1-14(15-5-3-7-18(11-15)26-2)24-16-9-10-25(13-16)17-6-4-8-19(12-17)27-20(21,22)23/h3-8,11-12,14,16,24H,9-10,13H2,1-2H3/t14-,16-/m1/s1. The number of alkyl halides is 3. The van der Waals surface area contributed by atoms with Gasteiger partial charge in [0.2, 0.25) is 0 Å². The molecule has 0 saturated carbocycles. The highest BCUT2D eigenvalue weighted by Gasteiger charge is 2.31. The van der Waals surface area contributed by atoms with Crippen molar-refractivity contribution in [1.29, 1.82) is 0 Å². The first-order valence-corrected chi connectivity index (χ1v) is 8.85. The van der Waals surface area contributed by atoms with Crippen molar-refractivity contribution in [3.05, 3.63) is 54.1 Å².